The van der Waals surface area contributed by atoms with Crippen molar-refractivity contribution >= 4 is 11.9 Å². The third-order valence-corrected chi connectivity index (χ3v) is 3.03. The summed E-state index contributed by atoms with van der Waals surface area (Å²) in [7, 11) is 4.04. The van der Waals surface area contributed by atoms with Crippen LogP contribution in [0.15, 0.2) is 12.2 Å². The monoisotopic (exact) mass is 270 g/mol. The lowest BCUT2D eigenvalue weighted by atomic mass is 10.2. The lowest BCUT2D eigenvalue weighted by Crippen LogP contribution is -2.43. The van der Waals surface area contributed by atoms with Crippen LogP contribution < -0.4 is 10.4 Å². The summed E-state index contributed by atoms with van der Waals surface area (Å²) in [5, 5.41) is 13.2. The zero-order valence-electron chi connectivity index (χ0n) is 12.3. The van der Waals surface area contributed by atoms with Crippen molar-refractivity contribution < 1.29 is 19.2 Å². The first kappa shape index (κ1) is 17.6. The number of nitrogens with one attached hydrogen (secondary N) is 1. The third-order valence-electron chi connectivity index (χ3n) is 3.03. The Bertz CT molecular complexity index is 325. The fraction of sp³-hybridized carbons (Fsp3) is 0.714. The van der Waals surface area contributed by atoms with Gasteiger partial charge in [-0.2, -0.15) is 0 Å². The Morgan fingerprint density at radius 1 is 1.16 bits per heavy atom. The lowest BCUT2D eigenvalue weighted by molar-refractivity contribution is -0.890. The average molecular weight is 270 g/mol. The summed E-state index contributed by atoms with van der Waals surface area (Å²) in [6, 6.07) is 0. The molecule has 0 radical (unpaired) electrons. The number of carbonyl (C=O) groups excluding carboxylic acids is 2. The second-order valence-electron chi connectivity index (χ2n) is 5.60. The number of hydrogen-bond acceptors (Lipinski definition) is 3. The molecule has 1 amide bonds. The summed E-state index contributed by atoms with van der Waals surface area (Å²) >= 11 is 0. The largest absolute Gasteiger partial charge is 0.550 e. The molecule has 0 aliphatic rings. The minimum Gasteiger partial charge on any atom is -0.550 e. The lowest BCUT2D eigenvalue weighted by Gasteiger charge is -2.30. The van der Waals surface area contributed by atoms with Crippen molar-refractivity contribution in [1.82, 2.24) is 5.32 Å². The van der Waals surface area contributed by atoms with Crippen molar-refractivity contribution in [2.45, 2.75) is 32.6 Å². The molecule has 110 valence electrons. The van der Waals surface area contributed by atoms with Gasteiger partial charge in [0.15, 0.2) is 0 Å². The second-order valence-corrected chi connectivity index (χ2v) is 5.60. The summed E-state index contributed by atoms with van der Waals surface area (Å²) in [4.78, 5) is 21.6. The van der Waals surface area contributed by atoms with E-state index in [0.717, 1.165) is 25.8 Å². The second kappa shape index (κ2) is 8.69. The SMILES string of the molecule is C=C(C)C(=O)NCCCCC[N+](C)(C)CCC(=O)[O-]. The van der Waals surface area contributed by atoms with Gasteiger partial charge in [-0.15, -0.1) is 0 Å². The highest BCUT2D eigenvalue weighted by atomic mass is 16.4. The van der Waals surface area contributed by atoms with Gasteiger partial charge in [0.25, 0.3) is 0 Å². The Morgan fingerprint density at radius 2 is 1.79 bits per heavy atom. The van der Waals surface area contributed by atoms with Crippen molar-refractivity contribution in [3.05, 3.63) is 12.2 Å². The van der Waals surface area contributed by atoms with Crippen LogP contribution in [0.25, 0.3) is 0 Å². The molecule has 0 saturated heterocycles. The molecule has 0 aromatic rings. The van der Waals surface area contributed by atoms with Crippen molar-refractivity contribution in [3.63, 3.8) is 0 Å². The summed E-state index contributed by atoms with van der Waals surface area (Å²) < 4.78 is 0.687. The highest BCUT2D eigenvalue weighted by molar-refractivity contribution is 5.91. The molecule has 0 bridgehead atoms. The predicted molar refractivity (Wildman–Crippen MR) is 73.1 cm³/mol. The van der Waals surface area contributed by atoms with Gasteiger partial charge in [-0.3, -0.25) is 4.79 Å². The van der Waals surface area contributed by atoms with Crippen LogP contribution in [0, 0.1) is 0 Å². The van der Waals surface area contributed by atoms with Crippen LogP contribution >= 0.6 is 0 Å². The molecule has 19 heavy (non-hydrogen) atoms. The van der Waals surface area contributed by atoms with Gasteiger partial charge in [0.1, 0.15) is 0 Å². The van der Waals surface area contributed by atoms with Crippen molar-refractivity contribution in [3.8, 4) is 0 Å². The molecule has 0 rings (SSSR count). The molecule has 0 atom stereocenters. The van der Waals surface area contributed by atoms with E-state index in [4.69, 9.17) is 0 Å². The topological polar surface area (TPSA) is 69.2 Å². The number of aliphatic carboxylic acids is 1. The summed E-state index contributed by atoms with van der Waals surface area (Å²) in [6.07, 6.45) is 3.06. The van der Waals surface area contributed by atoms with E-state index < -0.39 is 5.97 Å². The Labute approximate surface area is 115 Å². The number of hydrogen-bond donors (Lipinski definition) is 1. The van der Waals surface area contributed by atoms with E-state index in [9.17, 15) is 14.7 Å². The molecule has 5 heteroatoms. The molecule has 0 unspecified atom stereocenters. The maximum Gasteiger partial charge on any atom is 0.246 e. The first-order valence-corrected chi connectivity index (χ1v) is 6.70. The average Bonchev–Trinajstić information content (AvgIpc) is 2.30. The van der Waals surface area contributed by atoms with E-state index in [1.54, 1.807) is 6.92 Å². The zero-order chi connectivity index (χ0) is 14.9. The van der Waals surface area contributed by atoms with E-state index in [-0.39, 0.29) is 12.3 Å². The molecule has 0 aromatic carbocycles. The van der Waals surface area contributed by atoms with Crippen molar-refractivity contribution in [1.29, 1.82) is 0 Å². The van der Waals surface area contributed by atoms with Gasteiger partial charge >= 0.3 is 0 Å². The van der Waals surface area contributed by atoms with E-state index >= 15 is 0 Å². The van der Waals surface area contributed by atoms with Gasteiger partial charge in [0.05, 0.1) is 27.2 Å². The quantitative estimate of drug-likeness (QED) is 0.347. The molecular formula is C14H26N2O3. The Morgan fingerprint density at radius 3 is 2.32 bits per heavy atom. The standard InChI is InChI=1S/C14H26N2O3/c1-12(2)14(19)15-9-6-5-7-10-16(3,4)11-8-13(17)18/h1,5-11H2,2-4H3,(H-,15,17,18,19). The smallest absolute Gasteiger partial charge is 0.246 e. The van der Waals surface area contributed by atoms with Crippen LogP contribution in [0.5, 0.6) is 0 Å². The maximum atomic E-state index is 11.2. The molecule has 0 aromatic heterocycles. The summed E-state index contributed by atoms with van der Waals surface area (Å²) in [5.41, 5.74) is 0.528. The fourth-order valence-corrected chi connectivity index (χ4v) is 1.70. The molecule has 0 spiro atoms. The minimum atomic E-state index is -0.992. The van der Waals surface area contributed by atoms with Gasteiger partial charge in [-0.05, 0) is 26.2 Å². The van der Waals surface area contributed by atoms with Crippen LogP contribution in [0.1, 0.15) is 32.6 Å². The molecule has 0 aliphatic heterocycles. The highest BCUT2D eigenvalue weighted by Gasteiger charge is 2.13. The van der Waals surface area contributed by atoms with Gasteiger partial charge in [0, 0.05) is 24.5 Å². The number of amides is 1. The van der Waals surface area contributed by atoms with Crippen LogP contribution in [0.3, 0.4) is 0 Å². The third kappa shape index (κ3) is 10.3. The predicted octanol–water partition coefficient (Wildman–Crippen LogP) is 0.0654. The van der Waals surface area contributed by atoms with E-state index in [1.165, 1.54) is 0 Å². The zero-order valence-corrected chi connectivity index (χ0v) is 12.3. The van der Waals surface area contributed by atoms with Crippen LogP contribution in [0.2, 0.25) is 0 Å². The normalized spacial score (nSPS) is 11.1. The number of carboxylic acids is 1. The number of rotatable bonds is 10. The van der Waals surface area contributed by atoms with Gasteiger partial charge in [-0.25, -0.2) is 0 Å². The van der Waals surface area contributed by atoms with Crippen molar-refractivity contribution in [2.24, 2.45) is 0 Å². The van der Waals surface area contributed by atoms with Gasteiger partial charge < -0.3 is 19.7 Å². The summed E-state index contributed by atoms with van der Waals surface area (Å²) in [6.45, 7) is 7.45. The van der Waals surface area contributed by atoms with Gasteiger partial charge in [0.2, 0.25) is 5.91 Å². The van der Waals surface area contributed by atoms with Gasteiger partial charge in [-0.1, -0.05) is 6.58 Å². The molecule has 0 heterocycles. The van der Waals surface area contributed by atoms with Crippen LogP contribution in [0.4, 0.5) is 0 Å². The molecule has 1 N–H and O–H groups in total. The van der Waals surface area contributed by atoms with E-state index in [0.29, 0.717) is 23.1 Å². The maximum absolute atomic E-state index is 11.2. The Kier molecular flexibility index (Phi) is 8.07. The van der Waals surface area contributed by atoms with Crippen molar-refractivity contribution in [2.75, 3.05) is 33.7 Å². The van der Waals surface area contributed by atoms with Crippen LogP contribution in [-0.2, 0) is 9.59 Å². The van der Waals surface area contributed by atoms with E-state index in [1.807, 2.05) is 14.1 Å². The first-order chi connectivity index (χ1) is 8.74. The number of carboxylic acid groups (broad SMARTS) is 1. The minimum absolute atomic E-state index is 0.0925. The number of nitrogens with zero attached hydrogens (tertiary/aromatic N) is 1. The molecular weight excluding hydrogens is 244 g/mol. The highest BCUT2D eigenvalue weighted by Crippen LogP contribution is 2.04. The Hall–Kier alpha value is -1.36. The first-order valence-electron chi connectivity index (χ1n) is 6.70. The molecule has 5 nitrogen and oxygen atoms in total. The number of unbranched alkanes of at least 4 members (excludes halogenated alkanes) is 2. The molecule has 0 fully saturated rings. The summed E-state index contributed by atoms with van der Waals surface area (Å²) in [5.74, 6) is -1.08. The molecule has 0 aliphatic carbocycles. The Balaban J connectivity index is 3.60. The number of quaternary nitrogens is 1. The van der Waals surface area contributed by atoms with E-state index in [2.05, 4.69) is 11.9 Å². The number of carbonyl (C=O) groups is 2. The van der Waals surface area contributed by atoms with Crippen LogP contribution in [-0.4, -0.2) is 50.1 Å². The molecule has 0 saturated carbocycles. The fourth-order valence-electron chi connectivity index (χ4n) is 1.70.